The number of piperidine rings is 1. The van der Waals surface area contributed by atoms with Gasteiger partial charge < -0.3 is 5.32 Å². The van der Waals surface area contributed by atoms with Crippen LogP contribution in [0.25, 0.3) is 0 Å². The summed E-state index contributed by atoms with van der Waals surface area (Å²) in [5.74, 6) is 0. The van der Waals surface area contributed by atoms with Crippen molar-refractivity contribution in [3.8, 4) is 0 Å². The van der Waals surface area contributed by atoms with Crippen LogP contribution in [0.1, 0.15) is 37.7 Å². The lowest BCUT2D eigenvalue weighted by Crippen LogP contribution is -2.49. The first kappa shape index (κ1) is 14.8. The third kappa shape index (κ3) is 3.38. The van der Waals surface area contributed by atoms with Gasteiger partial charge in [-0.05, 0) is 72.4 Å². The van der Waals surface area contributed by atoms with Crippen LogP contribution in [0.5, 0.6) is 0 Å². The summed E-state index contributed by atoms with van der Waals surface area (Å²) in [5, 5.41) is 4.50. The van der Waals surface area contributed by atoms with Gasteiger partial charge in [0.1, 0.15) is 0 Å². The summed E-state index contributed by atoms with van der Waals surface area (Å²) in [5.41, 5.74) is 1.32. The molecule has 2 fully saturated rings. The number of halogens is 2. The van der Waals surface area contributed by atoms with Gasteiger partial charge in [-0.25, -0.2) is 0 Å². The molecule has 0 saturated carbocycles. The van der Waals surface area contributed by atoms with Gasteiger partial charge in [-0.1, -0.05) is 24.1 Å². The highest BCUT2D eigenvalue weighted by atomic mass is 79.9. The minimum absolute atomic E-state index is 0.696. The van der Waals surface area contributed by atoms with Gasteiger partial charge in [-0.3, -0.25) is 4.90 Å². The highest BCUT2D eigenvalue weighted by Gasteiger charge is 2.31. The molecule has 2 aliphatic heterocycles. The minimum Gasteiger partial charge on any atom is -0.312 e. The minimum atomic E-state index is 0.696. The molecule has 1 N–H and O–H groups in total. The van der Waals surface area contributed by atoms with Crippen LogP contribution in [-0.4, -0.2) is 30.1 Å². The predicted octanol–water partition coefficient (Wildman–Crippen LogP) is 4.21. The number of likely N-dealkylation sites (tertiary alicyclic amines) is 1. The molecule has 0 aromatic heterocycles. The van der Waals surface area contributed by atoms with E-state index in [-0.39, 0.29) is 0 Å². The Kier molecular flexibility index (Phi) is 5.03. The van der Waals surface area contributed by atoms with Crippen molar-refractivity contribution in [3.05, 3.63) is 33.3 Å². The fraction of sp³-hybridized carbons (Fsp3) is 0.625. The van der Waals surface area contributed by atoms with E-state index in [0.29, 0.717) is 12.1 Å². The number of nitrogens with one attached hydrogen (secondary N) is 1. The Morgan fingerprint density at radius 2 is 2.15 bits per heavy atom. The van der Waals surface area contributed by atoms with Crippen molar-refractivity contribution in [1.29, 1.82) is 0 Å². The zero-order valence-corrected chi connectivity index (χ0v) is 14.1. The second-order valence-corrected chi connectivity index (χ2v) is 7.25. The van der Waals surface area contributed by atoms with Crippen LogP contribution in [0.3, 0.4) is 0 Å². The predicted molar refractivity (Wildman–Crippen MR) is 88.2 cm³/mol. The largest absolute Gasteiger partial charge is 0.312 e. The van der Waals surface area contributed by atoms with Crippen LogP contribution in [0.2, 0.25) is 5.02 Å². The van der Waals surface area contributed by atoms with Gasteiger partial charge in [0.25, 0.3) is 0 Å². The maximum Gasteiger partial charge on any atom is 0.0551 e. The molecule has 2 unspecified atom stereocenters. The fourth-order valence-corrected chi connectivity index (χ4v) is 4.03. The Hall–Kier alpha value is -0.0900. The SMILES string of the molecule is Clc1cc(CN2CCCCC2C2CCCN2)ccc1Br. The Morgan fingerprint density at radius 1 is 1.25 bits per heavy atom. The highest BCUT2D eigenvalue weighted by Crippen LogP contribution is 2.28. The summed E-state index contributed by atoms with van der Waals surface area (Å²) in [4.78, 5) is 2.66. The molecule has 0 spiro atoms. The monoisotopic (exact) mass is 356 g/mol. The Balaban J connectivity index is 1.71. The molecular weight excluding hydrogens is 336 g/mol. The van der Waals surface area contributed by atoms with E-state index in [2.05, 4.69) is 44.3 Å². The smallest absolute Gasteiger partial charge is 0.0551 e. The molecular formula is C16H22BrClN2. The molecule has 2 aliphatic rings. The molecule has 110 valence electrons. The van der Waals surface area contributed by atoms with Crippen LogP contribution in [-0.2, 0) is 6.54 Å². The second-order valence-electron chi connectivity index (χ2n) is 5.98. The standard InChI is InChI=1S/C16H22BrClN2/c17-13-7-6-12(10-14(13)18)11-20-9-2-1-5-16(20)15-4-3-8-19-15/h6-7,10,15-16,19H,1-5,8-9,11H2. The fourth-order valence-electron chi connectivity index (χ4n) is 3.58. The van der Waals surface area contributed by atoms with Gasteiger partial charge in [0.05, 0.1) is 5.02 Å². The average Bonchev–Trinajstić information content (AvgIpc) is 2.97. The molecule has 2 heterocycles. The zero-order chi connectivity index (χ0) is 13.9. The summed E-state index contributed by atoms with van der Waals surface area (Å²) < 4.78 is 0.982. The Bertz CT molecular complexity index is 460. The zero-order valence-electron chi connectivity index (χ0n) is 11.7. The number of hydrogen-bond acceptors (Lipinski definition) is 2. The van der Waals surface area contributed by atoms with Crippen LogP contribution in [0.4, 0.5) is 0 Å². The quantitative estimate of drug-likeness (QED) is 0.872. The third-order valence-corrected chi connectivity index (χ3v) is 5.83. The Morgan fingerprint density at radius 3 is 2.90 bits per heavy atom. The topological polar surface area (TPSA) is 15.3 Å². The van der Waals surface area contributed by atoms with E-state index in [9.17, 15) is 0 Å². The van der Waals surface area contributed by atoms with E-state index in [1.54, 1.807) is 0 Å². The molecule has 0 amide bonds. The summed E-state index contributed by atoms with van der Waals surface area (Å²) in [6, 6.07) is 7.74. The lowest BCUT2D eigenvalue weighted by molar-refractivity contribution is 0.112. The maximum absolute atomic E-state index is 6.22. The average molecular weight is 358 g/mol. The van der Waals surface area contributed by atoms with Crippen molar-refractivity contribution < 1.29 is 0 Å². The summed E-state index contributed by atoms with van der Waals surface area (Å²) in [6.07, 6.45) is 6.71. The van der Waals surface area contributed by atoms with Gasteiger partial charge in [-0.15, -0.1) is 0 Å². The van der Waals surface area contributed by atoms with E-state index in [1.807, 2.05) is 0 Å². The molecule has 0 bridgehead atoms. The van der Waals surface area contributed by atoms with Gasteiger partial charge >= 0.3 is 0 Å². The third-order valence-electron chi connectivity index (χ3n) is 4.60. The molecule has 1 aromatic carbocycles. The summed E-state index contributed by atoms with van der Waals surface area (Å²) >= 11 is 9.68. The lowest BCUT2D eigenvalue weighted by Gasteiger charge is -2.39. The molecule has 2 atom stereocenters. The van der Waals surface area contributed by atoms with E-state index in [1.165, 1.54) is 50.8 Å². The molecule has 1 aromatic rings. The second kappa shape index (κ2) is 6.78. The molecule has 4 heteroatoms. The number of rotatable bonds is 3. The molecule has 0 radical (unpaired) electrons. The van der Waals surface area contributed by atoms with E-state index in [0.717, 1.165) is 16.0 Å². The van der Waals surface area contributed by atoms with Crippen molar-refractivity contribution in [3.63, 3.8) is 0 Å². The van der Waals surface area contributed by atoms with Crippen LogP contribution in [0.15, 0.2) is 22.7 Å². The molecule has 0 aliphatic carbocycles. The number of benzene rings is 1. The Labute approximate surface area is 135 Å². The van der Waals surface area contributed by atoms with E-state index >= 15 is 0 Å². The van der Waals surface area contributed by atoms with Crippen molar-refractivity contribution in [2.75, 3.05) is 13.1 Å². The normalized spacial score (nSPS) is 27.9. The summed E-state index contributed by atoms with van der Waals surface area (Å²) in [7, 11) is 0. The molecule has 3 rings (SSSR count). The lowest BCUT2D eigenvalue weighted by atomic mass is 9.94. The van der Waals surface area contributed by atoms with Crippen LogP contribution < -0.4 is 5.32 Å². The van der Waals surface area contributed by atoms with Gasteiger partial charge in [0, 0.05) is 23.1 Å². The highest BCUT2D eigenvalue weighted by molar-refractivity contribution is 9.10. The van der Waals surface area contributed by atoms with Crippen molar-refractivity contribution >= 4 is 27.5 Å². The van der Waals surface area contributed by atoms with Gasteiger partial charge in [-0.2, -0.15) is 0 Å². The van der Waals surface area contributed by atoms with Gasteiger partial charge in [0.15, 0.2) is 0 Å². The van der Waals surface area contributed by atoms with Crippen molar-refractivity contribution in [1.82, 2.24) is 10.2 Å². The molecule has 2 nitrogen and oxygen atoms in total. The van der Waals surface area contributed by atoms with Gasteiger partial charge in [0.2, 0.25) is 0 Å². The van der Waals surface area contributed by atoms with Crippen molar-refractivity contribution in [2.45, 2.75) is 50.7 Å². The van der Waals surface area contributed by atoms with Crippen molar-refractivity contribution in [2.24, 2.45) is 0 Å². The first-order valence-electron chi connectivity index (χ1n) is 7.65. The number of hydrogen-bond donors (Lipinski definition) is 1. The first-order valence-corrected chi connectivity index (χ1v) is 8.82. The maximum atomic E-state index is 6.22. The van der Waals surface area contributed by atoms with E-state index in [4.69, 9.17) is 11.6 Å². The van der Waals surface area contributed by atoms with Crippen LogP contribution in [0, 0.1) is 0 Å². The summed E-state index contributed by atoms with van der Waals surface area (Å²) in [6.45, 7) is 3.44. The first-order chi connectivity index (χ1) is 9.74. The van der Waals surface area contributed by atoms with E-state index < -0.39 is 0 Å². The molecule has 20 heavy (non-hydrogen) atoms. The number of nitrogens with zero attached hydrogens (tertiary/aromatic N) is 1. The van der Waals surface area contributed by atoms with Crippen LogP contribution >= 0.6 is 27.5 Å². The molecule has 2 saturated heterocycles.